The van der Waals surface area contributed by atoms with Crippen LogP contribution in [-0.4, -0.2) is 6.61 Å². The second-order valence-electron chi connectivity index (χ2n) is 7.01. The van der Waals surface area contributed by atoms with Gasteiger partial charge in [0.2, 0.25) is 0 Å². The average Bonchev–Trinajstić information content (AvgIpc) is 2.64. The van der Waals surface area contributed by atoms with Crippen molar-refractivity contribution in [1.29, 1.82) is 0 Å². The molecule has 1 fully saturated rings. The molecule has 0 saturated heterocycles. The molecular formula is C23H31FO. The molecule has 0 atom stereocenters. The third-order valence-electron chi connectivity index (χ3n) is 5.08. The molecule has 0 radical (unpaired) electrons. The van der Waals surface area contributed by atoms with E-state index in [-0.39, 0.29) is 5.82 Å². The number of unbranched alkanes of at least 4 members (excludes halogenated alkanes) is 2. The third kappa shape index (κ3) is 6.94. The van der Waals surface area contributed by atoms with Gasteiger partial charge in [0.1, 0.15) is 11.6 Å². The van der Waals surface area contributed by atoms with Gasteiger partial charge in [0.15, 0.2) is 0 Å². The number of ether oxygens (including phenoxy) is 1. The van der Waals surface area contributed by atoms with Crippen LogP contribution in [-0.2, 0) is 0 Å². The minimum Gasteiger partial charge on any atom is -0.493 e. The van der Waals surface area contributed by atoms with Gasteiger partial charge in [0.25, 0.3) is 0 Å². The summed E-state index contributed by atoms with van der Waals surface area (Å²) in [6.45, 7) is 5.07. The van der Waals surface area contributed by atoms with E-state index in [1.807, 2.05) is 6.08 Å². The summed E-state index contributed by atoms with van der Waals surface area (Å²) in [6.07, 6.45) is 13.9. The van der Waals surface area contributed by atoms with Crippen molar-refractivity contribution in [3.8, 4) is 17.6 Å². The predicted octanol–water partition coefficient (Wildman–Crippen LogP) is 6.52. The van der Waals surface area contributed by atoms with Gasteiger partial charge in [-0.2, -0.15) is 0 Å². The van der Waals surface area contributed by atoms with E-state index >= 15 is 0 Å². The smallest absolute Gasteiger partial charge is 0.142 e. The highest BCUT2D eigenvalue weighted by molar-refractivity contribution is 5.41. The first kappa shape index (κ1) is 19.6. The molecule has 0 N–H and O–H groups in total. The van der Waals surface area contributed by atoms with Gasteiger partial charge < -0.3 is 4.74 Å². The maximum absolute atomic E-state index is 14.1. The highest BCUT2D eigenvalue weighted by atomic mass is 19.1. The largest absolute Gasteiger partial charge is 0.493 e. The van der Waals surface area contributed by atoms with E-state index in [9.17, 15) is 4.39 Å². The predicted molar refractivity (Wildman–Crippen MR) is 103 cm³/mol. The van der Waals surface area contributed by atoms with Gasteiger partial charge in [-0.05, 0) is 62.1 Å². The Bertz CT molecular complexity index is 600. The van der Waals surface area contributed by atoms with E-state index in [1.165, 1.54) is 38.2 Å². The van der Waals surface area contributed by atoms with Gasteiger partial charge in [0.05, 0.1) is 12.2 Å². The molecule has 0 heterocycles. The van der Waals surface area contributed by atoms with Crippen LogP contribution in [0.2, 0.25) is 0 Å². The van der Waals surface area contributed by atoms with Crippen molar-refractivity contribution in [1.82, 2.24) is 0 Å². The highest BCUT2D eigenvalue weighted by Gasteiger charge is 2.17. The van der Waals surface area contributed by atoms with E-state index < -0.39 is 0 Å². The SMILES string of the molecule is CCCCCOc1ccc(C#C/C=C/[C@H]2CC[C@H](CC)CC2)c(F)c1. The molecule has 25 heavy (non-hydrogen) atoms. The summed E-state index contributed by atoms with van der Waals surface area (Å²) in [6, 6.07) is 4.94. The molecule has 2 heteroatoms. The maximum atomic E-state index is 14.1. The minimum atomic E-state index is -0.308. The fourth-order valence-corrected chi connectivity index (χ4v) is 3.32. The van der Waals surface area contributed by atoms with Gasteiger partial charge in [-0.3, -0.25) is 0 Å². The number of rotatable bonds is 7. The first-order chi connectivity index (χ1) is 12.2. The molecule has 1 aliphatic carbocycles. The Balaban J connectivity index is 1.82. The topological polar surface area (TPSA) is 9.23 Å². The van der Waals surface area contributed by atoms with Crippen LogP contribution in [0.15, 0.2) is 30.4 Å². The zero-order valence-corrected chi connectivity index (χ0v) is 15.7. The van der Waals surface area contributed by atoms with Gasteiger partial charge in [-0.15, -0.1) is 0 Å². The number of allylic oxidation sites excluding steroid dienone is 2. The van der Waals surface area contributed by atoms with Crippen LogP contribution in [0, 0.1) is 29.5 Å². The third-order valence-corrected chi connectivity index (χ3v) is 5.08. The van der Waals surface area contributed by atoms with Crippen LogP contribution in [0.4, 0.5) is 4.39 Å². The Labute approximate surface area is 152 Å². The summed E-state index contributed by atoms with van der Waals surface area (Å²) in [7, 11) is 0. The Morgan fingerprint density at radius 3 is 2.64 bits per heavy atom. The van der Waals surface area contributed by atoms with Crippen molar-refractivity contribution in [3.05, 3.63) is 41.7 Å². The van der Waals surface area contributed by atoms with Crippen LogP contribution in [0.1, 0.15) is 70.8 Å². The standard InChI is InChI=1S/C23H31FO/c1-3-5-8-17-25-22-16-15-21(23(24)18-22)10-7-6-9-20-13-11-19(4-2)12-14-20/h6,9,15-16,18-20H,3-5,8,11-14,17H2,1-2H3/b9-6+/t19-,20-. The Kier molecular flexibility index (Phi) is 8.60. The summed E-state index contributed by atoms with van der Waals surface area (Å²) in [5.41, 5.74) is 0.431. The lowest BCUT2D eigenvalue weighted by atomic mass is 9.81. The monoisotopic (exact) mass is 342 g/mol. The lowest BCUT2D eigenvalue weighted by Gasteiger charge is -2.25. The summed E-state index contributed by atoms with van der Waals surface area (Å²) >= 11 is 0. The molecule has 2 rings (SSSR count). The lowest BCUT2D eigenvalue weighted by Crippen LogP contribution is -2.11. The Morgan fingerprint density at radius 1 is 1.16 bits per heavy atom. The van der Waals surface area contributed by atoms with Gasteiger partial charge in [0, 0.05) is 6.07 Å². The van der Waals surface area contributed by atoms with Crippen molar-refractivity contribution < 1.29 is 9.13 Å². The zero-order valence-electron chi connectivity index (χ0n) is 15.7. The molecule has 0 unspecified atom stereocenters. The molecule has 0 aliphatic heterocycles. The average molecular weight is 342 g/mol. The fourth-order valence-electron chi connectivity index (χ4n) is 3.32. The van der Waals surface area contributed by atoms with Crippen LogP contribution in [0.5, 0.6) is 5.75 Å². The van der Waals surface area contributed by atoms with Gasteiger partial charge in [-0.1, -0.05) is 51.0 Å². The Hall–Kier alpha value is -1.75. The van der Waals surface area contributed by atoms with Crippen molar-refractivity contribution in [2.75, 3.05) is 6.61 Å². The molecule has 1 nitrogen and oxygen atoms in total. The molecule has 1 aromatic rings. The van der Waals surface area contributed by atoms with Crippen LogP contribution in [0.25, 0.3) is 0 Å². The molecule has 136 valence electrons. The number of hydrogen-bond acceptors (Lipinski definition) is 1. The first-order valence-corrected chi connectivity index (χ1v) is 9.83. The van der Waals surface area contributed by atoms with E-state index in [1.54, 1.807) is 12.1 Å². The van der Waals surface area contributed by atoms with Crippen LogP contribution in [0.3, 0.4) is 0 Å². The second kappa shape index (κ2) is 11.0. The molecule has 0 spiro atoms. The summed E-state index contributed by atoms with van der Waals surface area (Å²) in [5, 5.41) is 0. The number of benzene rings is 1. The quantitative estimate of drug-likeness (QED) is 0.405. The summed E-state index contributed by atoms with van der Waals surface area (Å²) < 4.78 is 19.6. The summed E-state index contributed by atoms with van der Waals surface area (Å²) in [5.74, 6) is 7.72. The van der Waals surface area contributed by atoms with Crippen molar-refractivity contribution in [2.45, 2.75) is 65.2 Å². The molecule has 0 amide bonds. The molecule has 1 aliphatic rings. The fraction of sp³-hybridized carbons (Fsp3) is 0.565. The number of hydrogen-bond donors (Lipinski definition) is 0. The minimum absolute atomic E-state index is 0.308. The van der Waals surface area contributed by atoms with Gasteiger partial charge >= 0.3 is 0 Å². The van der Waals surface area contributed by atoms with Crippen LogP contribution < -0.4 is 4.74 Å². The molecular weight excluding hydrogens is 311 g/mol. The van der Waals surface area contributed by atoms with Crippen LogP contribution >= 0.6 is 0 Å². The molecule has 1 saturated carbocycles. The first-order valence-electron chi connectivity index (χ1n) is 9.83. The van der Waals surface area contributed by atoms with E-state index in [0.717, 1.165) is 25.2 Å². The molecule has 0 bridgehead atoms. The van der Waals surface area contributed by atoms with Crippen molar-refractivity contribution >= 4 is 0 Å². The van der Waals surface area contributed by atoms with E-state index in [0.29, 0.717) is 23.8 Å². The Morgan fingerprint density at radius 2 is 1.96 bits per heavy atom. The van der Waals surface area contributed by atoms with Gasteiger partial charge in [-0.25, -0.2) is 4.39 Å². The number of halogens is 1. The zero-order chi connectivity index (χ0) is 17.9. The van der Waals surface area contributed by atoms with E-state index in [2.05, 4.69) is 31.8 Å². The van der Waals surface area contributed by atoms with Crippen molar-refractivity contribution in [3.63, 3.8) is 0 Å². The normalized spacial score (nSPS) is 20.3. The van der Waals surface area contributed by atoms with Crippen molar-refractivity contribution in [2.24, 2.45) is 11.8 Å². The summed E-state index contributed by atoms with van der Waals surface area (Å²) in [4.78, 5) is 0. The van der Waals surface area contributed by atoms with E-state index in [4.69, 9.17) is 4.74 Å². The maximum Gasteiger partial charge on any atom is 0.142 e. The second-order valence-corrected chi connectivity index (χ2v) is 7.01. The molecule has 1 aromatic carbocycles. The lowest BCUT2D eigenvalue weighted by molar-refractivity contribution is 0.304. The molecule has 0 aromatic heterocycles. The highest BCUT2D eigenvalue weighted by Crippen LogP contribution is 2.31.